The van der Waals surface area contributed by atoms with Gasteiger partial charge in [-0.2, -0.15) is 5.26 Å². The normalized spacial score (nSPS) is 14.9. The van der Waals surface area contributed by atoms with Gasteiger partial charge in [0.2, 0.25) is 0 Å². The highest BCUT2D eigenvalue weighted by Gasteiger charge is 2.36. The molecule has 30 heavy (non-hydrogen) atoms. The number of carbonyl (C=O) groups is 4. The van der Waals surface area contributed by atoms with Crippen LogP contribution >= 0.6 is 0 Å². The van der Waals surface area contributed by atoms with Gasteiger partial charge in [-0.1, -0.05) is 13.8 Å². The summed E-state index contributed by atoms with van der Waals surface area (Å²) in [6.45, 7) is 5.21. The highest BCUT2D eigenvalue weighted by molar-refractivity contribution is 6.22. The summed E-state index contributed by atoms with van der Waals surface area (Å²) in [4.78, 5) is 50.4. The van der Waals surface area contributed by atoms with Crippen molar-refractivity contribution in [2.45, 2.75) is 32.7 Å². The fourth-order valence-electron chi connectivity index (χ4n) is 2.83. The first-order chi connectivity index (χ1) is 14.1. The minimum Gasteiger partial charge on any atom is -0.452 e. The molecule has 9 heteroatoms. The molecular weight excluding hydrogens is 390 g/mol. The van der Waals surface area contributed by atoms with Crippen molar-refractivity contribution in [3.05, 3.63) is 34.9 Å². The Hall–Kier alpha value is -3.25. The van der Waals surface area contributed by atoms with Crippen molar-refractivity contribution in [2.75, 3.05) is 26.9 Å². The van der Waals surface area contributed by atoms with Gasteiger partial charge in [-0.15, -0.1) is 0 Å². The quantitative estimate of drug-likeness (QED) is 0.368. The van der Waals surface area contributed by atoms with Gasteiger partial charge in [-0.25, -0.2) is 4.79 Å². The van der Waals surface area contributed by atoms with Gasteiger partial charge >= 0.3 is 5.97 Å². The average molecular weight is 415 g/mol. The Morgan fingerprint density at radius 1 is 1.23 bits per heavy atom. The van der Waals surface area contributed by atoms with E-state index in [9.17, 15) is 24.4 Å². The first kappa shape index (κ1) is 23.0. The van der Waals surface area contributed by atoms with Crippen molar-refractivity contribution >= 4 is 23.7 Å². The van der Waals surface area contributed by atoms with Crippen LogP contribution in [-0.2, 0) is 14.3 Å². The lowest BCUT2D eigenvalue weighted by Crippen LogP contribution is -2.50. The van der Waals surface area contributed by atoms with Gasteiger partial charge in [-0.3, -0.25) is 19.3 Å². The maximum absolute atomic E-state index is 12.5. The third-order valence-corrected chi connectivity index (χ3v) is 5.06. The molecule has 1 atom stereocenters. The predicted octanol–water partition coefficient (Wildman–Crippen LogP) is 1.53. The van der Waals surface area contributed by atoms with Gasteiger partial charge < -0.3 is 14.8 Å². The van der Waals surface area contributed by atoms with Gasteiger partial charge in [0.1, 0.15) is 5.54 Å². The molecular formula is C21H25N3O6. The highest BCUT2D eigenvalue weighted by atomic mass is 16.5. The Bertz CT molecular complexity index is 904. The Labute approximate surface area is 174 Å². The van der Waals surface area contributed by atoms with Crippen LogP contribution < -0.4 is 5.32 Å². The number of methoxy groups -OCH3 is 1. The molecule has 0 unspecified atom stereocenters. The fourth-order valence-corrected chi connectivity index (χ4v) is 2.83. The Morgan fingerprint density at radius 2 is 1.90 bits per heavy atom. The fraction of sp³-hybridized carbons (Fsp3) is 0.476. The first-order valence-corrected chi connectivity index (χ1v) is 9.53. The molecule has 0 aliphatic carbocycles. The van der Waals surface area contributed by atoms with Crippen molar-refractivity contribution < 1.29 is 28.7 Å². The van der Waals surface area contributed by atoms with E-state index in [0.717, 1.165) is 4.90 Å². The van der Waals surface area contributed by atoms with Gasteiger partial charge in [0.15, 0.2) is 6.61 Å². The zero-order chi connectivity index (χ0) is 22.5. The lowest BCUT2D eigenvalue weighted by molar-refractivity contribution is -0.125. The van der Waals surface area contributed by atoms with Crippen LogP contribution in [0.15, 0.2) is 18.2 Å². The Kier molecular flexibility index (Phi) is 7.29. The van der Waals surface area contributed by atoms with Crippen LogP contribution in [-0.4, -0.2) is 61.0 Å². The van der Waals surface area contributed by atoms with E-state index in [1.807, 2.05) is 6.07 Å². The molecule has 3 amide bonds. The predicted molar refractivity (Wildman–Crippen MR) is 106 cm³/mol. The van der Waals surface area contributed by atoms with Crippen LogP contribution in [0, 0.1) is 17.2 Å². The number of hydrogen-bond acceptors (Lipinski definition) is 7. The molecule has 0 saturated heterocycles. The topological polar surface area (TPSA) is 126 Å². The van der Waals surface area contributed by atoms with Gasteiger partial charge in [-0.05, 0) is 37.5 Å². The van der Waals surface area contributed by atoms with Crippen LogP contribution in [0.3, 0.4) is 0 Å². The number of esters is 1. The molecule has 0 saturated carbocycles. The standard InChI is InChI=1S/C21H25N3O6/c1-13(2)21(3,12-22)23-17(25)11-30-20(28)14-6-7-15-16(10-14)19(27)24(18(15)26)8-5-9-29-4/h6-7,10,13H,5,8-9,11H2,1-4H3,(H,23,25)/t21-/m1/s1. The number of nitrogens with one attached hydrogen (secondary N) is 1. The number of carbonyl (C=O) groups excluding carboxylic acids is 4. The van der Waals surface area contributed by atoms with Gasteiger partial charge in [0.25, 0.3) is 17.7 Å². The zero-order valence-electron chi connectivity index (χ0n) is 17.5. The molecule has 160 valence electrons. The molecule has 1 aromatic rings. The monoisotopic (exact) mass is 415 g/mol. The summed E-state index contributed by atoms with van der Waals surface area (Å²) < 4.78 is 9.94. The highest BCUT2D eigenvalue weighted by Crippen LogP contribution is 2.24. The number of hydrogen-bond donors (Lipinski definition) is 1. The molecule has 1 aliphatic heterocycles. The summed E-state index contributed by atoms with van der Waals surface area (Å²) in [6, 6.07) is 6.09. The summed E-state index contributed by atoms with van der Waals surface area (Å²) in [5.74, 6) is -2.48. The number of nitriles is 1. The van der Waals surface area contributed by atoms with Crippen molar-refractivity contribution in [3.8, 4) is 6.07 Å². The lowest BCUT2D eigenvalue weighted by Gasteiger charge is -2.27. The van der Waals surface area contributed by atoms with Gasteiger partial charge in [0, 0.05) is 20.3 Å². The number of fused-ring (bicyclic) bond motifs is 1. The number of rotatable bonds is 9. The molecule has 1 aromatic carbocycles. The summed E-state index contributed by atoms with van der Waals surface area (Å²) in [7, 11) is 1.53. The molecule has 2 rings (SSSR count). The second-order valence-corrected chi connectivity index (χ2v) is 7.46. The van der Waals surface area contributed by atoms with Crippen molar-refractivity contribution in [3.63, 3.8) is 0 Å². The van der Waals surface area contributed by atoms with E-state index in [1.165, 1.54) is 25.3 Å². The summed E-state index contributed by atoms with van der Waals surface area (Å²) in [5.41, 5.74) is -0.703. The largest absolute Gasteiger partial charge is 0.452 e. The minimum absolute atomic E-state index is 0.0494. The zero-order valence-corrected chi connectivity index (χ0v) is 17.5. The number of nitrogens with zero attached hydrogens (tertiary/aromatic N) is 2. The average Bonchev–Trinajstić information content (AvgIpc) is 2.96. The van der Waals surface area contributed by atoms with E-state index in [-0.39, 0.29) is 29.2 Å². The van der Waals surface area contributed by atoms with Crippen LogP contribution in [0.2, 0.25) is 0 Å². The molecule has 1 N–H and O–H groups in total. The second kappa shape index (κ2) is 9.50. The van der Waals surface area contributed by atoms with E-state index in [0.29, 0.717) is 13.0 Å². The second-order valence-electron chi connectivity index (χ2n) is 7.46. The van der Waals surface area contributed by atoms with E-state index in [1.54, 1.807) is 20.8 Å². The molecule has 9 nitrogen and oxygen atoms in total. The summed E-state index contributed by atoms with van der Waals surface area (Å²) in [6.07, 6.45) is 0.504. The SMILES string of the molecule is COCCCN1C(=O)c2ccc(C(=O)OCC(=O)N[C@](C)(C#N)C(C)C)cc2C1=O. The molecule has 0 radical (unpaired) electrons. The maximum Gasteiger partial charge on any atom is 0.338 e. The molecule has 1 aliphatic rings. The van der Waals surface area contributed by atoms with Crippen molar-refractivity contribution in [1.82, 2.24) is 10.2 Å². The Morgan fingerprint density at radius 3 is 2.50 bits per heavy atom. The Balaban J connectivity index is 2.03. The van der Waals surface area contributed by atoms with Crippen LogP contribution in [0.1, 0.15) is 58.3 Å². The van der Waals surface area contributed by atoms with Crippen molar-refractivity contribution in [2.24, 2.45) is 5.92 Å². The van der Waals surface area contributed by atoms with Crippen molar-refractivity contribution in [1.29, 1.82) is 5.26 Å². The van der Waals surface area contributed by atoms with Crippen LogP contribution in [0.25, 0.3) is 0 Å². The van der Waals surface area contributed by atoms with E-state index in [4.69, 9.17) is 9.47 Å². The van der Waals surface area contributed by atoms with E-state index >= 15 is 0 Å². The summed E-state index contributed by atoms with van der Waals surface area (Å²) in [5, 5.41) is 11.8. The van der Waals surface area contributed by atoms with E-state index < -0.39 is 35.8 Å². The van der Waals surface area contributed by atoms with Gasteiger partial charge in [0.05, 0.1) is 22.8 Å². The molecule has 0 fully saturated rings. The van der Waals surface area contributed by atoms with E-state index in [2.05, 4.69) is 5.32 Å². The molecule has 0 aromatic heterocycles. The maximum atomic E-state index is 12.5. The van der Waals surface area contributed by atoms with Crippen LogP contribution in [0.4, 0.5) is 0 Å². The third kappa shape index (κ3) is 4.83. The molecule has 0 spiro atoms. The van der Waals surface area contributed by atoms with Crippen LogP contribution in [0.5, 0.6) is 0 Å². The third-order valence-electron chi connectivity index (χ3n) is 5.06. The summed E-state index contributed by atoms with van der Waals surface area (Å²) >= 11 is 0. The molecule has 1 heterocycles. The number of benzene rings is 1. The lowest BCUT2D eigenvalue weighted by atomic mass is 9.90. The minimum atomic E-state index is -1.09. The molecule has 0 bridgehead atoms. The first-order valence-electron chi connectivity index (χ1n) is 9.53. The number of imide groups is 1. The smallest absolute Gasteiger partial charge is 0.338 e. The number of amides is 3. The number of ether oxygens (including phenoxy) is 2.